The number of halogens is 1. The average molecular weight is 285 g/mol. The summed E-state index contributed by atoms with van der Waals surface area (Å²) in [6, 6.07) is 11.4. The Bertz CT molecular complexity index is 650. The lowest BCUT2D eigenvalue weighted by molar-refractivity contribution is 0.467. The van der Waals surface area contributed by atoms with Crippen molar-refractivity contribution >= 4 is 0 Å². The molecule has 1 aliphatic rings. The number of aryl methyl sites for hydroxylation is 2. The summed E-state index contributed by atoms with van der Waals surface area (Å²) in [5, 5.41) is 3.51. The summed E-state index contributed by atoms with van der Waals surface area (Å²) < 4.78 is 19.2. The summed E-state index contributed by atoms with van der Waals surface area (Å²) in [4.78, 5) is 0. The Balaban J connectivity index is 1.82. The highest BCUT2D eigenvalue weighted by Crippen LogP contribution is 2.30. The summed E-state index contributed by atoms with van der Waals surface area (Å²) in [5.74, 6) is 1.30. The molecular weight excluding hydrogens is 265 g/mol. The fourth-order valence-electron chi connectivity index (χ4n) is 2.33. The molecule has 0 amide bonds. The molecule has 0 saturated heterocycles. The summed E-state index contributed by atoms with van der Waals surface area (Å²) in [7, 11) is 0. The van der Waals surface area contributed by atoms with Crippen LogP contribution in [0.2, 0.25) is 0 Å². The number of ether oxygens (including phenoxy) is 1. The van der Waals surface area contributed by atoms with Gasteiger partial charge in [0.05, 0.1) is 0 Å². The molecule has 1 fully saturated rings. The molecule has 1 saturated carbocycles. The van der Waals surface area contributed by atoms with Gasteiger partial charge in [-0.2, -0.15) is 0 Å². The Kier molecular flexibility index (Phi) is 3.93. The number of rotatable bonds is 5. The van der Waals surface area contributed by atoms with Crippen LogP contribution in [0.1, 0.15) is 29.5 Å². The quantitative estimate of drug-likeness (QED) is 0.874. The van der Waals surface area contributed by atoms with Gasteiger partial charge in [-0.3, -0.25) is 0 Å². The van der Waals surface area contributed by atoms with Crippen LogP contribution < -0.4 is 10.1 Å². The monoisotopic (exact) mass is 285 g/mol. The van der Waals surface area contributed by atoms with Gasteiger partial charge in [-0.25, -0.2) is 4.39 Å². The molecule has 3 heteroatoms. The van der Waals surface area contributed by atoms with E-state index < -0.39 is 0 Å². The summed E-state index contributed by atoms with van der Waals surface area (Å²) in [5.41, 5.74) is 3.16. The molecule has 3 rings (SSSR count). The van der Waals surface area contributed by atoms with Gasteiger partial charge >= 0.3 is 0 Å². The van der Waals surface area contributed by atoms with E-state index in [9.17, 15) is 4.39 Å². The van der Waals surface area contributed by atoms with Crippen molar-refractivity contribution in [1.29, 1.82) is 0 Å². The van der Waals surface area contributed by atoms with Gasteiger partial charge in [-0.15, -0.1) is 0 Å². The maximum Gasteiger partial charge on any atom is 0.131 e. The van der Waals surface area contributed by atoms with Crippen LogP contribution in [0.25, 0.3) is 0 Å². The van der Waals surface area contributed by atoms with Crippen molar-refractivity contribution in [2.75, 3.05) is 0 Å². The Morgan fingerprint density at radius 1 is 1.10 bits per heavy atom. The molecule has 110 valence electrons. The second-order valence-electron chi connectivity index (χ2n) is 5.78. The Hall–Kier alpha value is -1.87. The normalized spacial score (nSPS) is 14.2. The summed E-state index contributed by atoms with van der Waals surface area (Å²) in [6.45, 7) is 4.74. The smallest absolute Gasteiger partial charge is 0.131 e. The lowest BCUT2D eigenvalue weighted by Gasteiger charge is -2.14. The van der Waals surface area contributed by atoms with Crippen LogP contribution in [-0.4, -0.2) is 6.04 Å². The first-order valence-corrected chi connectivity index (χ1v) is 7.39. The number of hydrogen-bond acceptors (Lipinski definition) is 2. The molecule has 21 heavy (non-hydrogen) atoms. The molecule has 0 bridgehead atoms. The van der Waals surface area contributed by atoms with Crippen LogP contribution in [0, 0.1) is 19.7 Å². The van der Waals surface area contributed by atoms with Gasteiger partial charge in [-0.05, 0) is 56.5 Å². The van der Waals surface area contributed by atoms with Crippen molar-refractivity contribution in [3.63, 3.8) is 0 Å². The second kappa shape index (κ2) is 5.86. The van der Waals surface area contributed by atoms with Crippen LogP contribution in [0.3, 0.4) is 0 Å². The van der Waals surface area contributed by atoms with Crippen molar-refractivity contribution in [3.8, 4) is 11.5 Å². The highest BCUT2D eigenvalue weighted by atomic mass is 19.1. The average Bonchev–Trinajstić information content (AvgIpc) is 3.26. The Morgan fingerprint density at radius 3 is 2.57 bits per heavy atom. The third-order valence-electron chi connectivity index (χ3n) is 3.73. The van der Waals surface area contributed by atoms with E-state index in [0.717, 1.165) is 23.4 Å². The maximum atomic E-state index is 13.2. The first kappa shape index (κ1) is 14.1. The van der Waals surface area contributed by atoms with E-state index in [1.165, 1.54) is 30.5 Å². The van der Waals surface area contributed by atoms with Gasteiger partial charge in [-0.1, -0.05) is 17.7 Å². The molecule has 0 atom stereocenters. The third kappa shape index (κ3) is 3.61. The highest BCUT2D eigenvalue weighted by molar-refractivity contribution is 5.42. The van der Waals surface area contributed by atoms with Crippen LogP contribution in [0.4, 0.5) is 4.39 Å². The first-order valence-electron chi connectivity index (χ1n) is 7.39. The van der Waals surface area contributed by atoms with E-state index in [1.807, 2.05) is 19.1 Å². The van der Waals surface area contributed by atoms with Gasteiger partial charge in [0.25, 0.3) is 0 Å². The minimum Gasteiger partial charge on any atom is -0.457 e. The number of hydrogen-bond donors (Lipinski definition) is 1. The Morgan fingerprint density at radius 2 is 1.86 bits per heavy atom. The van der Waals surface area contributed by atoms with Crippen LogP contribution in [0.15, 0.2) is 36.4 Å². The zero-order valence-electron chi connectivity index (χ0n) is 12.4. The molecular formula is C18H20FNO. The van der Waals surface area contributed by atoms with Crippen molar-refractivity contribution in [2.24, 2.45) is 0 Å². The van der Waals surface area contributed by atoms with E-state index in [4.69, 9.17) is 4.74 Å². The van der Waals surface area contributed by atoms with Gasteiger partial charge in [0.1, 0.15) is 17.3 Å². The SMILES string of the molecule is Cc1ccc(Oc2ccc(F)cc2C)c(CNC2CC2)c1. The molecule has 0 radical (unpaired) electrons. The lowest BCUT2D eigenvalue weighted by atomic mass is 10.1. The van der Waals surface area contributed by atoms with Crippen LogP contribution in [0.5, 0.6) is 11.5 Å². The maximum absolute atomic E-state index is 13.2. The zero-order chi connectivity index (χ0) is 14.8. The van der Waals surface area contributed by atoms with E-state index in [1.54, 1.807) is 6.07 Å². The van der Waals surface area contributed by atoms with Gasteiger partial charge in [0, 0.05) is 18.2 Å². The molecule has 2 nitrogen and oxygen atoms in total. The standard InChI is InChI=1S/C18H20FNO/c1-12-3-7-18(14(9-12)11-20-16-5-6-16)21-17-8-4-15(19)10-13(17)2/h3-4,7-10,16,20H,5-6,11H2,1-2H3. The van der Waals surface area contributed by atoms with E-state index in [0.29, 0.717) is 11.8 Å². The van der Waals surface area contributed by atoms with E-state index >= 15 is 0 Å². The molecule has 1 aliphatic carbocycles. The molecule has 0 heterocycles. The molecule has 0 aromatic heterocycles. The van der Waals surface area contributed by atoms with Crippen LogP contribution >= 0.6 is 0 Å². The van der Waals surface area contributed by atoms with Gasteiger partial charge in [0.2, 0.25) is 0 Å². The molecule has 2 aromatic carbocycles. The Labute approximate surface area is 125 Å². The number of nitrogens with one attached hydrogen (secondary N) is 1. The van der Waals surface area contributed by atoms with Gasteiger partial charge < -0.3 is 10.1 Å². The van der Waals surface area contributed by atoms with Crippen molar-refractivity contribution < 1.29 is 9.13 Å². The van der Waals surface area contributed by atoms with Crippen molar-refractivity contribution in [2.45, 2.75) is 39.3 Å². The summed E-state index contributed by atoms with van der Waals surface area (Å²) >= 11 is 0. The lowest BCUT2D eigenvalue weighted by Crippen LogP contribution is -2.15. The first-order chi connectivity index (χ1) is 10.1. The van der Waals surface area contributed by atoms with Gasteiger partial charge in [0.15, 0.2) is 0 Å². The minimum absolute atomic E-state index is 0.237. The molecule has 0 aliphatic heterocycles. The second-order valence-corrected chi connectivity index (χ2v) is 5.78. The molecule has 0 spiro atoms. The predicted molar refractivity (Wildman–Crippen MR) is 82.3 cm³/mol. The third-order valence-corrected chi connectivity index (χ3v) is 3.73. The van der Waals surface area contributed by atoms with Crippen molar-refractivity contribution in [3.05, 3.63) is 58.9 Å². The fraction of sp³-hybridized carbons (Fsp3) is 0.333. The predicted octanol–water partition coefficient (Wildman–Crippen LogP) is 4.49. The largest absolute Gasteiger partial charge is 0.457 e. The topological polar surface area (TPSA) is 21.3 Å². The van der Waals surface area contributed by atoms with E-state index in [2.05, 4.69) is 18.3 Å². The van der Waals surface area contributed by atoms with E-state index in [-0.39, 0.29) is 5.82 Å². The molecule has 2 aromatic rings. The minimum atomic E-state index is -0.237. The fourth-order valence-corrected chi connectivity index (χ4v) is 2.33. The zero-order valence-corrected chi connectivity index (χ0v) is 12.4. The molecule has 0 unspecified atom stereocenters. The van der Waals surface area contributed by atoms with Crippen LogP contribution in [-0.2, 0) is 6.54 Å². The van der Waals surface area contributed by atoms with Crippen molar-refractivity contribution in [1.82, 2.24) is 5.32 Å². The molecule has 1 N–H and O–H groups in total. The highest BCUT2D eigenvalue weighted by Gasteiger charge is 2.20. The summed E-state index contributed by atoms with van der Waals surface area (Å²) in [6.07, 6.45) is 2.53. The number of benzene rings is 2.